The minimum atomic E-state index is 0.683. The van der Waals surface area contributed by atoms with Gasteiger partial charge in [-0.25, -0.2) is 0 Å². The van der Waals surface area contributed by atoms with Crippen molar-refractivity contribution in [3.05, 3.63) is 34.4 Å². The maximum atomic E-state index is 5.93. The zero-order valence-electron chi connectivity index (χ0n) is 9.16. The Hall–Kier alpha value is -1.49. The number of aryl methyl sites for hydroxylation is 2. The van der Waals surface area contributed by atoms with Gasteiger partial charge in [0, 0.05) is 17.2 Å². The van der Waals surface area contributed by atoms with Gasteiger partial charge in [0.1, 0.15) is 0 Å². The van der Waals surface area contributed by atoms with E-state index in [0.717, 1.165) is 21.7 Å². The molecule has 1 aromatic carbocycles. The lowest BCUT2D eigenvalue weighted by Crippen LogP contribution is -2.01. The maximum absolute atomic E-state index is 5.93. The SMILES string of the molecule is Cc1nn(C)c(Nc2cccc(Br)c2)c1N. The van der Waals surface area contributed by atoms with Crippen molar-refractivity contribution in [3.8, 4) is 0 Å². The van der Waals surface area contributed by atoms with Crippen molar-refractivity contribution in [2.45, 2.75) is 6.92 Å². The average Bonchev–Trinajstić information content (AvgIpc) is 2.45. The second kappa shape index (κ2) is 4.17. The number of hydrogen-bond donors (Lipinski definition) is 2. The Balaban J connectivity index is 2.34. The summed E-state index contributed by atoms with van der Waals surface area (Å²) in [5, 5.41) is 7.49. The predicted octanol–water partition coefficient (Wildman–Crippen LogP) is 2.82. The Kier molecular flexibility index (Phi) is 2.87. The van der Waals surface area contributed by atoms with Gasteiger partial charge in [0.2, 0.25) is 0 Å². The molecule has 0 saturated carbocycles. The summed E-state index contributed by atoms with van der Waals surface area (Å²) in [6.07, 6.45) is 0. The molecule has 3 N–H and O–H groups in total. The van der Waals surface area contributed by atoms with Crippen LogP contribution in [-0.2, 0) is 7.05 Å². The summed E-state index contributed by atoms with van der Waals surface area (Å²) in [6, 6.07) is 7.91. The summed E-state index contributed by atoms with van der Waals surface area (Å²) < 4.78 is 2.76. The first kappa shape index (κ1) is 11.0. The Bertz CT molecular complexity index is 519. The number of nitrogens with zero attached hydrogens (tertiary/aromatic N) is 2. The Morgan fingerprint density at radius 2 is 2.19 bits per heavy atom. The van der Waals surface area contributed by atoms with Gasteiger partial charge in [-0.2, -0.15) is 5.10 Å². The quantitative estimate of drug-likeness (QED) is 0.890. The van der Waals surface area contributed by atoms with Crippen molar-refractivity contribution in [1.29, 1.82) is 0 Å². The van der Waals surface area contributed by atoms with E-state index in [1.54, 1.807) is 4.68 Å². The molecular formula is C11H13BrN4. The lowest BCUT2D eigenvalue weighted by atomic mass is 10.3. The van der Waals surface area contributed by atoms with Crippen molar-refractivity contribution < 1.29 is 0 Å². The number of aromatic nitrogens is 2. The van der Waals surface area contributed by atoms with Crippen LogP contribution in [0.1, 0.15) is 5.69 Å². The number of hydrogen-bond acceptors (Lipinski definition) is 3. The summed E-state index contributed by atoms with van der Waals surface area (Å²) in [5.74, 6) is 0.815. The molecule has 4 nitrogen and oxygen atoms in total. The second-order valence-electron chi connectivity index (χ2n) is 3.61. The fourth-order valence-electron chi connectivity index (χ4n) is 1.53. The monoisotopic (exact) mass is 280 g/mol. The topological polar surface area (TPSA) is 55.9 Å². The van der Waals surface area contributed by atoms with Crippen molar-refractivity contribution in [2.75, 3.05) is 11.1 Å². The number of rotatable bonds is 2. The van der Waals surface area contributed by atoms with Gasteiger partial charge in [0.25, 0.3) is 0 Å². The van der Waals surface area contributed by atoms with Crippen LogP contribution in [0, 0.1) is 6.92 Å². The number of nitrogens with one attached hydrogen (secondary N) is 1. The number of nitrogen functional groups attached to an aromatic ring is 1. The lowest BCUT2D eigenvalue weighted by molar-refractivity contribution is 0.765. The van der Waals surface area contributed by atoms with E-state index in [1.165, 1.54) is 0 Å². The Morgan fingerprint density at radius 1 is 1.44 bits per heavy atom. The Labute approximate surface area is 103 Å². The molecule has 1 aromatic heterocycles. The van der Waals surface area contributed by atoms with E-state index in [9.17, 15) is 0 Å². The summed E-state index contributed by atoms with van der Waals surface area (Å²) in [6.45, 7) is 1.89. The third-order valence-corrected chi connectivity index (χ3v) is 2.85. The summed E-state index contributed by atoms with van der Waals surface area (Å²) in [4.78, 5) is 0. The van der Waals surface area contributed by atoms with Crippen LogP contribution in [0.4, 0.5) is 17.2 Å². The molecule has 1 heterocycles. The first-order chi connectivity index (χ1) is 7.58. The second-order valence-corrected chi connectivity index (χ2v) is 4.52. The third kappa shape index (κ3) is 2.04. The molecule has 16 heavy (non-hydrogen) atoms. The molecule has 5 heteroatoms. The molecule has 0 atom stereocenters. The first-order valence-corrected chi connectivity index (χ1v) is 5.69. The fourth-order valence-corrected chi connectivity index (χ4v) is 1.92. The molecule has 2 rings (SSSR count). The summed E-state index contributed by atoms with van der Waals surface area (Å²) >= 11 is 3.42. The van der Waals surface area contributed by atoms with E-state index in [0.29, 0.717) is 5.69 Å². The van der Waals surface area contributed by atoms with Crippen LogP contribution in [0.3, 0.4) is 0 Å². The summed E-state index contributed by atoms with van der Waals surface area (Å²) in [5.41, 5.74) is 8.42. The number of halogens is 1. The number of benzene rings is 1. The van der Waals surface area contributed by atoms with Crippen molar-refractivity contribution in [1.82, 2.24) is 9.78 Å². The largest absolute Gasteiger partial charge is 0.394 e. The number of nitrogens with two attached hydrogens (primary N) is 1. The third-order valence-electron chi connectivity index (χ3n) is 2.36. The molecule has 0 aliphatic rings. The molecule has 2 aromatic rings. The van der Waals surface area contributed by atoms with Crippen LogP contribution >= 0.6 is 15.9 Å². The van der Waals surface area contributed by atoms with Crippen molar-refractivity contribution >= 4 is 33.1 Å². The standard InChI is InChI=1S/C11H13BrN4/c1-7-10(13)11(16(2)15-7)14-9-5-3-4-8(12)6-9/h3-6,14H,13H2,1-2H3. The van der Waals surface area contributed by atoms with Gasteiger partial charge < -0.3 is 11.1 Å². The minimum Gasteiger partial charge on any atom is -0.394 e. The molecule has 0 radical (unpaired) electrons. The first-order valence-electron chi connectivity index (χ1n) is 4.89. The normalized spacial score (nSPS) is 10.4. The predicted molar refractivity (Wildman–Crippen MR) is 69.8 cm³/mol. The van der Waals surface area contributed by atoms with Crippen molar-refractivity contribution in [2.24, 2.45) is 7.05 Å². The van der Waals surface area contributed by atoms with Gasteiger partial charge in [-0.05, 0) is 25.1 Å². The van der Waals surface area contributed by atoms with Crippen LogP contribution in [0.15, 0.2) is 28.7 Å². The van der Waals surface area contributed by atoms with Crippen LogP contribution < -0.4 is 11.1 Å². The van der Waals surface area contributed by atoms with E-state index >= 15 is 0 Å². The molecule has 0 spiro atoms. The van der Waals surface area contributed by atoms with Crippen LogP contribution in [0.25, 0.3) is 0 Å². The van der Waals surface area contributed by atoms with E-state index in [4.69, 9.17) is 5.73 Å². The molecule has 0 fully saturated rings. The van der Waals surface area contributed by atoms with Crippen molar-refractivity contribution in [3.63, 3.8) is 0 Å². The highest BCUT2D eigenvalue weighted by molar-refractivity contribution is 9.10. The highest BCUT2D eigenvalue weighted by Gasteiger charge is 2.09. The lowest BCUT2D eigenvalue weighted by Gasteiger charge is -2.07. The van der Waals surface area contributed by atoms with Gasteiger partial charge >= 0.3 is 0 Å². The van der Waals surface area contributed by atoms with Gasteiger partial charge in [-0.15, -0.1) is 0 Å². The van der Waals surface area contributed by atoms with E-state index in [-0.39, 0.29) is 0 Å². The molecule has 0 saturated heterocycles. The minimum absolute atomic E-state index is 0.683. The van der Waals surface area contributed by atoms with Crippen LogP contribution in [0.5, 0.6) is 0 Å². The maximum Gasteiger partial charge on any atom is 0.152 e. The summed E-state index contributed by atoms with van der Waals surface area (Å²) in [7, 11) is 1.86. The van der Waals surface area contributed by atoms with E-state index < -0.39 is 0 Å². The van der Waals surface area contributed by atoms with Crippen LogP contribution in [-0.4, -0.2) is 9.78 Å². The zero-order chi connectivity index (χ0) is 11.7. The molecule has 0 unspecified atom stereocenters. The highest BCUT2D eigenvalue weighted by Crippen LogP contribution is 2.26. The smallest absolute Gasteiger partial charge is 0.152 e. The zero-order valence-corrected chi connectivity index (χ0v) is 10.7. The molecule has 0 amide bonds. The number of anilines is 3. The van der Waals surface area contributed by atoms with Crippen LogP contribution in [0.2, 0.25) is 0 Å². The molecular weight excluding hydrogens is 268 g/mol. The fraction of sp³-hybridized carbons (Fsp3) is 0.182. The molecule has 0 bridgehead atoms. The van der Waals surface area contributed by atoms with E-state index in [1.807, 2.05) is 38.2 Å². The van der Waals surface area contributed by atoms with Gasteiger partial charge in [0.05, 0.1) is 11.4 Å². The highest BCUT2D eigenvalue weighted by atomic mass is 79.9. The average molecular weight is 281 g/mol. The van der Waals surface area contributed by atoms with Gasteiger partial charge in [-0.1, -0.05) is 22.0 Å². The van der Waals surface area contributed by atoms with Gasteiger partial charge in [0.15, 0.2) is 5.82 Å². The molecule has 0 aliphatic heterocycles. The van der Waals surface area contributed by atoms with Gasteiger partial charge in [-0.3, -0.25) is 4.68 Å². The molecule has 0 aliphatic carbocycles. The molecule has 84 valence electrons. The Morgan fingerprint density at radius 3 is 2.75 bits per heavy atom. The van der Waals surface area contributed by atoms with E-state index in [2.05, 4.69) is 26.3 Å².